The van der Waals surface area contributed by atoms with Crippen molar-refractivity contribution in [1.82, 2.24) is 30.3 Å². The molecule has 6 nitrogen and oxygen atoms in total. The third-order valence-electron chi connectivity index (χ3n) is 2.34. The number of aryl methyl sites for hydroxylation is 2. The van der Waals surface area contributed by atoms with Gasteiger partial charge < -0.3 is 9.88 Å². The van der Waals surface area contributed by atoms with E-state index >= 15 is 0 Å². The standard InChI is InChI=1S/C9H14N6/c1-7-8(4-11-13-7)3-10-5-9-14-12-6-15(9)2/h4,6,10H,3,5H2,1-2H3,(H,11,13). The van der Waals surface area contributed by atoms with Gasteiger partial charge in [-0.2, -0.15) is 5.10 Å². The number of aromatic nitrogens is 5. The first-order valence-electron chi connectivity index (χ1n) is 4.80. The van der Waals surface area contributed by atoms with E-state index in [0.717, 1.165) is 18.1 Å². The molecule has 80 valence electrons. The van der Waals surface area contributed by atoms with Crippen LogP contribution >= 0.6 is 0 Å². The van der Waals surface area contributed by atoms with Crippen LogP contribution in [0.15, 0.2) is 12.5 Å². The molecule has 6 heteroatoms. The maximum atomic E-state index is 3.98. The molecule has 2 aromatic rings. The van der Waals surface area contributed by atoms with Crippen LogP contribution in [0.2, 0.25) is 0 Å². The second-order valence-electron chi connectivity index (χ2n) is 3.48. The number of hydrogen-bond donors (Lipinski definition) is 2. The molecule has 0 aliphatic heterocycles. The number of nitrogens with zero attached hydrogens (tertiary/aromatic N) is 4. The zero-order chi connectivity index (χ0) is 10.7. The Kier molecular flexibility index (Phi) is 2.77. The normalized spacial score (nSPS) is 10.8. The molecule has 2 rings (SSSR count). The van der Waals surface area contributed by atoms with Crippen LogP contribution in [0.3, 0.4) is 0 Å². The lowest BCUT2D eigenvalue weighted by atomic mass is 10.2. The number of H-pyrrole nitrogens is 1. The topological polar surface area (TPSA) is 71.4 Å². The molecule has 0 unspecified atom stereocenters. The second kappa shape index (κ2) is 4.22. The smallest absolute Gasteiger partial charge is 0.146 e. The van der Waals surface area contributed by atoms with Gasteiger partial charge in [0.05, 0.1) is 12.7 Å². The van der Waals surface area contributed by atoms with Crippen LogP contribution in [0.4, 0.5) is 0 Å². The van der Waals surface area contributed by atoms with Crippen molar-refractivity contribution < 1.29 is 0 Å². The lowest BCUT2D eigenvalue weighted by molar-refractivity contribution is 0.636. The molecule has 2 heterocycles. The van der Waals surface area contributed by atoms with Crippen LogP contribution in [0.25, 0.3) is 0 Å². The molecular weight excluding hydrogens is 192 g/mol. The highest BCUT2D eigenvalue weighted by Crippen LogP contribution is 2.01. The Morgan fingerprint density at radius 1 is 1.47 bits per heavy atom. The van der Waals surface area contributed by atoms with Crippen molar-refractivity contribution in [1.29, 1.82) is 0 Å². The van der Waals surface area contributed by atoms with Crippen molar-refractivity contribution in [3.8, 4) is 0 Å². The van der Waals surface area contributed by atoms with Gasteiger partial charge in [0, 0.05) is 24.8 Å². The van der Waals surface area contributed by atoms with Gasteiger partial charge in [0.25, 0.3) is 0 Å². The van der Waals surface area contributed by atoms with Crippen molar-refractivity contribution in [3.05, 3.63) is 29.6 Å². The fraction of sp³-hybridized carbons (Fsp3) is 0.444. The summed E-state index contributed by atoms with van der Waals surface area (Å²) in [7, 11) is 1.93. The Bertz CT molecular complexity index is 389. The molecular formula is C9H14N6. The SMILES string of the molecule is Cc1[nH]ncc1CNCc1nncn1C. The molecule has 0 aromatic carbocycles. The van der Waals surface area contributed by atoms with Crippen molar-refractivity contribution in [3.63, 3.8) is 0 Å². The molecule has 0 atom stereocenters. The molecule has 2 N–H and O–H groups in total. The van der Waals surface area contributed by atoms with Crippen molar-refractivity contribution in [2.45, 2.75) is 20.0 Å². The molecule has 0 amide bonds. The van der Waals surface area contributed by atoms with Gasteiger partial charge >= 0.3 is 0 Å². The summed E-state index contributed by atoms with van der Waals surface area (Å²) in [4.78, 5) is 0. The largest absolute Gasteiger partial charge is 0.320 e. The summed E-state index contributed by atoms with van der Waals surface area (Å²) in [6.07, 6.45) is 3.53. The second-order valence-corrected chi connectivity index (χ2v) is 3.48. The van der Waals surface area contributed by atoms with Crippen LogP contribution in [0.5, 0.6) is 0 Å². The Hall–Kier alpha value is -1.69. The zero-order valence-corrected chi connectivity index (χ0v) is 8.86. The van der Waals surface area contributed by atoms with Crippen LogP contribution in [0, 0.1) is 6.92 Å². The maximum Gasteiger partial charge on any atom is 0.146 e. The highest BCUT2D eigenvalue weighted by atomic mass is 15.3. The third-order valence-corrected chi connectivity index (χ3v) is 2.34. The maximum absolute atomic E-state index is 3.98. The molecule has 0 aliphatic rings. The molecule has 0 radical (unpaired) electrons. The number of aromatic amines is 1. The zero-order valence-electron chi connectivity index (χ0n) is 8.86. The van der Waals surface area contributed by atoms with E-state index in [0.29, 0.717) is 6.54 Å². The Morgan fingerprint density at radius 2 is 2.33 bits per heavy atom. The summed E-state index contributed by atoms with van der Waals surface area (Å²) in [5.74, 6) is 0.927. The Labute approximate surface area is 87.7 Å². The van der Waals surface area contributed by atoms with E-state index in [1.54, 1.807) is 6.33 Å². The van der Waals surface area contributed by atoms with E-state index in [2.05, 4.69) is 25.7 Å². The molecule has 0 bridgehead atoms. The van der Waals surface area contributed by atoms with Gasteiger partial charge in [0.15, 0.2) is 0 Å². The predicted octanol–water partition coefficient (Wildman–Crippen LogP) is 0.136. The quantitative estimate of drug-likeness (QED) is 0.746. The highest BCUT2D eigenvalue weighted by Gasteiger charge is 2.02. The van der Waals surface area contributed by atoms with Gasteiger partial charge in [-0.05, 0) is 6.92 Å². The van der Waals surface area contributed by atoms with Gasteiger partial charge in [-0.25, -0.2) is 0 Å². The average Bonchev–Trinajstić information content (AvgIpc) is 2.78. The first-order chi connectivity index (χ1) is 7.27. The van der Waals surface area contributed by atoms with E-state index in [-0.39, 0.29) is 0 Å². The fourth-order valence-electron chi connectivity index (χ4n) is 1.33. The van der Waals surface area contributed by atoms with Crippen molar-refractivity contribution in [2.75, 3.05) is 0 Å². The molecule has 0 aliphatic carbocycles. The van der Waals surface area contributed by atoms with Gasteiger partial charge in [0.1, 0.15) is 12.2 Å². The Balaban J connectivity index is 1.86. The van der Waals surface area contributed by atoms with Gasteiger partial charge in [0.2, 0.25) is 0 Å². The molecule has 0 spiro atoms. The van der Waals surface area contributed by atoms with E-state index in [9.17, 15) is 0 Å². The first kappa shape index (κ1) is 9.85. The van der Waals surface area contributed by atoms with Gasteiger partial charge in [-0.15, -0.1) is 10.2 Å². The van der Waals surface area contributed by atoms with Crippen molar-refractivity contribution in [2.24, 2.45) is 7.05 Å². The minimum absolute atomic E-state index is 0.709. The van der Waals surface area contributed by atoms with Crippen molar-refractivity contribution >= 4 is 0 Å². The number of nitrogens with one attached hydrogen (secondary N) is 2. The highest BCUT2D eigenvalue weighted by molar-refractivity contribution is 5.13. The van der Waals surface area contributed by atoms with Crippen LogP contribution in [0.1, 0.15) is 17.1 Å². The third kappa shape index (κ3) is 2.21. The minimum Gasteiger partial charge on any atom is -0.320 e. The fourth-order valence-corrected chi connectivity index (χ4v) is 1.33. The lowest BCUT2D eigenvalue weighted by Crippen LogP contribution is -2.15. The summed E-state index contributed by atoms with van der Waals surface area (Å²) in [5.41, 5.74) is 2.28. The summed E-state index contributed by atoms with van der Waals surface area (Å²) in [5, 5.41) is 17.9. The summed E-state index contributed by atoms with van der Waals surface area (Å²) in [6, 6.07) is 0. The van der Waals surface area contributed by atoms with Crippen LogP contribution < -0.4 is 5.32 Å². The molecule has 15 heavy (non-hydrogen) atoms. The molecule has 0 fully saturated rings. The van der Waals surface area contributed by atoms with E-state index in [1.807, 2.05) is 24.7 Å². The lowest BCUT2D eigenvalue weighted by Gasteiger charge is -2.02. The summed E-state index contributed by atoms with van der Waals surface area (Å²) >= 11 is 0. The van der Waals surface area contributed by atoms with Gasteiger partial charge in [-0.3, -0.25) is 5.10 Å². The van der Waals surface area contributed by atoms with E-state index in [4.69, 9.17) is 0 Å². The predicted molar refractivity (Wildman–Crippen MR) is 54.9 cm³/mol. The van der Waals surface area contributed by atoms with Gasteiger partial charge in [-0.1, -0.05) is 0 Å². The average molecular weight is 206 g/mol. The molecule has 0 saturated heterocycles. The molecule has 2 aromatic heterocycles. The molecule has 0 saturated carbocycles. The van der Waals surface area contributed by atoms with Crippen LogP contribution in [-0.4, -0.2) is 25.0 Å². The summed E-state index contributed by atoms with van der Waals surface area (Å²) in [6.45, 7) is 3.50. The number of rotatable bonds is 4. The first-order valence-corrected chi connectivity index (χ1v) is 4.80. The van der Waals surface area contributed by atoms with Crippen LogP contribution in [-0.2, 0) is 20.1 Å². The van der Waals surface area contributed by atoms with E-state index < -0.39 is 0 Å². The van der Waals surface area contributed by atoms with E-state index in [1.165, 1.54) is 5.56 Å². The monoisotopic (exact) mass is 206 g/mol. The Morgan fingerprint density at radius 3 is 2.93 bits per heavy atom. The number of hydrogen-bond acceptors (Lipinski definition) is 4. The summed E-state index contributed by atoms with van der Waals surface area (Å²) < 4.78 is 1.90. The minimum atomic E-state index is 0.709.